The van der Waals surface area contributed by atoms with Gasteiger partial charge in [0, 0.05) is 18.7 Å². The van der Waals surface area contributed by atoms with Crippen LogP contribution in [0.3, 0.4) is 0 Å². The molecular formula is C9H10Cl2N2O4. The van der Waals surface area contributed by atoms with E-state index in [1.54, 1.807) is 0 Å². The van der Waals surface area contributed by atoms with Crippen LogP contribution in [0.4, 0.5) is 11.4 Å². The highest BCUT2D eigenvalue weighted by atomic mass is 35.5. The zero-order chi connectivity index (χ0) is 13.0. The maximum atomic E-state index is 10.6. The summed E-state index contributed by atoms with van der Waals surface area (Å²) in [6.07, 6.45) is -0.825. The third-order valence-electron chi connectivity index (χ3n) is 1.97. The van der Waals surface area contributed by atoms with Crippen LogP contribution in [0, 0.1) is 10.1 Å². The number of nitrogens with one attached hydrogen (secondary N) is 1. The van der Waals surface area contributed by atoms with E-state index < -0.39 is 11.0 Å². The van der Waals surface area contributed by atoms with Gasteiger partial charge in [-0.2, -0.15) is 0 Å². The molecule has 0 aromatic heterocycles. The van der Waals surface area contributed by atoms with Gasteiger partial charge in [-0.3, -0.25) is 10.1 Å². The lowest BCUT2D eigenvalue weighted by atomic mass is 10.2. The van der Waals surface area contributed by atoms with Gasteiger partial charge >= 0.3 is 0 Å². The maximum Gasteiger partial charge on any atom is 0.273 e. The van der Waals surface area contributed by atoms with Crippen LogP contribution in [-0.2, 0) is 0 Å². The van der Waals surface area contributed by atoms with Crippen molar-refractivity contribution in [3.63, 3.8) is 0 Å². The minimum atomic E-state index is -0.825. The van der Waals surface area contributed by atoms with Crippen LogP contribution in [0.25, 0.3) is 0 Å². The van der Waals surface area contributed by atoms with Crippen molar-refractivity contribution >= 4 is 34.6 Å². The molecule has 0 amide bonds. The van der Waals surface area contributed by atoms with Gasteiger partial charge in [0.15, 0.2) is 5.75 Å². The number of non-ortho nitro benzene ring substituents is 1. The minimum Gasteiger partial charge on any atom is -0.504 e. The molecule has 3 N–H and O–H groups in total. The predicted octanol–water partition coefficient (Wildman–Crippen LogP) is 1.97. The monoisotopic (exact) mass is 280 g/mol. The molecule has 0 heterocycles. The molecule has 0 aliphatic heterocycles. The molecule has 0 radical (unpaired) electrons. The van der Waals surface area contributed by atoms with Crippen molar-refractivity contribution in [3.8, 4) is 5.75 Å². The number of aliphatic hydroxyl groups is 1. The summed E-state index contributed by atoms with van der Waals surface area (Å²) in [5.41, 5.74) is -0.177. The largest absolute Gasteiger partial charge is 0.504 e. The number of nitro benzene ring substituents is 1. The van der Waals surface area contributed by atoms with Crippen molar-refractivity contribution in [2.75, 3.05) is 17.7 Å². The lowest BCUT2D eigenvalue weighted by Crippen LogP contribution is -2.20. The Morgan fingerprint density at radius 3 is 2.71 bits per heavy atom. The van der Waals surface area contributed by atoms with Crippen molar-refractivity contribution < 1.29 is 15.1 Å². The Balaban J connectivity index is 2.93. The van der Waals surface area contributed by atoms with Gasteiger partial charge in [0.25, 0.3) is 5.69 Å². The highest BCUT2D eigenvalue weighted by molar-refractivity contribution is 6.32. The van der Waals surface area contributed by atoms with E-state index in [1.165, 1.54) is 0 Å². The molecule has 17 heavy (non-hydrogen) atoms. The average Bonchev–Trinajstić information content (AvgIpc) is 2.30. The van der Waals surface area contributed by atoms with Crippen LogP contribution in [-0.4, -0.2) is 33.7 Å². The Morgan fingerprint density at radius 2 is 2.18 bits per heavy atom. The van der Waals surface area contributed by atoms with Crippen LogP contribution in [0.15, 0.2) is 12.1 Å². The summed E-state index contributed by atoms with van der Waals surface area (Å²) in [6, 6.07) is 2.17. The second kappa shape index (κ2) is 5.90. The number of anilines is 1. The third kappa shape index (κ3) is 3.62. The molecule has 94 valence electrons. The Bertz CT molecular complexity index is 428. The molecule has 6 nitrogen and oxygen atoms in total. The number of aromatic hydroxyl groups is 1. The molecule has 0 bridgehead atoms. The first-order valence-corrected chi connectivity index (χ1v) is 5.51. The zero-order valence-corrected chi connectivity index (χ0v) is 10.1. The van der Waals surface area contributed by atoms with Gasteiger partial charge in [0.1, 0.15) is 0 Å². The van der Waals surface area contributed by atoms with Crippen LogP contribution < -0.4 is 5.32 Å². The molecule has 0 spiro atoms. The van der Waals surface area contributed by atoms with E-state index in [0.717, 1.165) is 12.1 Å². The summed E-state index contributed by atoms with van der Waals surface area (Å²) in [6.45, 7) is 0.0502. The molecule has 8 heteroatoms. The first-order chi connectivity index (χ1) is 7.95. The van der Waals surface area contributed by atoms with Gasteiger partial charge in [-0.15, -0.1) is 11.6 Å². The van der Waals surface area contributed by atoms with E-state index >= 15 is 0 Å². The number of hydrogen-bond donors (Lipinski definition) is 3. The average molecular weight is 281 g/mol. The standard InChI is InChI=1S/C9H10Cl2N2O4/c10-3-6(14)4-12-8-2-5(13(16)17)1-7(11)9(8)15/h1-2,6,12,14-15H,3-4H2. The molecule has 1 rings (SSSR count). The smallest absolute Gasteiger partial charge is 0.273 e. The summed E-state index contributed by atoms with van der Waals surface area (Å²) >= 11 is 11.0. The van der Waals surface area contributed by atoms with Crippen LogP contribution in [0.5, 0.6) is 5.75 Å². The lowest BCUT2D eigenvalue weighted by molar-refractivity contribution is -0.384. The maximum absolute atomic E-state index is 10.6. The van der Waals surface area contributed by atoms with Gasteiger partial charge in [-0.05, 0) is 0 Å². The molecule has 0 fully saturated rings. The number of nitrogens with zero attached hydrogens (tertiary/aromatic N) is 1. The van der Waals surface area contributed by atoms with Crippen molar-refractivity contribution in [2.24, 2.45) is 0 Å². The minimum absolute atomic E-state index is 0.0103. The number of phenolic OH excluding ortho intramolecular Hbond substituents is 1. The van der Waals surface area contributed by atoms with Crippen LogP contribution in [0.1, 0.15) is 0 Å². The number of nitro groups is 1. The third-order valence-corrected chi connectivity index (χ3v) is 2.61. The Morgan fingerprint density at radius 1 is 1.53 bits per heavy atom. The highest BCUT2D eigenvalue weighted by Crippen LogP contribution is 2.35. The molecule has 1 aromatic carbocycles. The normalized spacial score (nSPS) is 12.2. The zero-order valence-electron chi connectivity index (χ0n) is 8.56. The first-order valence-electron chi connectivity index (χ1n) is 4.60. The quantitative estimate of drug-likeness (QED) is 0.332. The topological polar surface area (TPSA) is 95.6 Å². The molecule has 0 aliphatic carbocycles. The molecule has 0 aliphatic rings. The molecule has 0 saturated heterocycles. The van der Waals surface area contributed by atoms with Crippen molar-refractivity contribution in [2.45, 2.75) is 6.10 Å². The van der Waals surface area contributed by atoms with E-state index in [2.05, 4.69) is 5.32 Å². The first kappa shape index (κ1) is 13.8. The van der Waals surface area contributed by atoms with E-state index in [1.807, 2.05) is 0 Å². The fourth-order valence-electron chi connectivity index (χ4n) is 1.11. The Kier molecular flexibility index (Phi) is 4.80. The van der Waals surface area contributed by atoms with Gasteiger partial charge in [0.05, 0.1) is 27.6 Å². The van der Waals surface area contributed by atoms with Gasteiger partial charge in [0.2, 0.25) is 0 Å². The second-order valence-electron chi connectivity index (χ2n) is 3.27. The van der Waals surface area contributed by atoms with Crippen LogP contribution in [0.2, 0.25) is 5.02 Å². The number of aliphatic hydroxyl groups excluding tert-OH is 1. The lowest BCUT2D eigenvalue weighted by Gasteiger charge is -2.11. The van der Waals surface area contributed by atoms with Crippen molar-refractivity contribution in [1.82, 2.24) is 0 Å². The fourth-order valence-corrected chi connectivity index (χ4v) is 1.43. The van der Waals surface area contributed by atoms with Gasteiger partial charge in [-0.1, -0.05) is 11.6 Å². The van der Waals surface area contributed by atoms with E-state index in [4.69, 9.17) is 23.2 Å². The SMILES string of the molecule is O=[N+]([O-])c1cc(Cl)c(O)c(NCC(O)CCl)c1. The number of rotatable bonds is 5. The molecule has 1 unspecified atom stereocenters. The molecule has 1 atom stereocenters. The van der Waals surface area contributed by atoms with E-state index in [0.29, 0.717) is 0 Å². The summed E-state index contributed by atoms with van der Waals surface area (Å²) in [7, 11) is 0. The summed E-state index contributed by atoms with van der Waals surface area (Å²) in [5.74, 6) is -0.296. The Hall–Kier alpha value is -1.24. The van der Waals surface area contributed by atoms with Gasteiger partial charge in [-0.25, -0.2) is 0 Å². The fraction of sp³-hybridized carbons (Fsp3) is 0.333. The van der Waals surface area contributed by atoms with Crippen LogP contribution >= 0.6 is 23.2 Å². The highest BCUT2D eigenvalue weighted by Gasteiger charge is 2.15. The van der Waals surface area contributed by atoms with E-state index in [9.17, 15) is 20.3 Å². The number of phenols is 1. The molecule has 0 saturated carbocycles. The number of alkyl halides is 1. The second-order valence-corrected chi connectivity index (χ2v) is 3.99. The summed E-state index contributed by atoms with van der Waals surface area (Å²) in [4.78, 5) is 9.95. The van der Waals surface area contributed by atoms with E-state index in [-0.39, 0.29) is 34.6 Å². The summed E-state index contributed by atoms with van der Waals surface area (Å²) < 4.78 is 0. The number of hydrogen-bond acceptors (Lipinski definition) is 5. The predicted molar refractivity (Wildman–Crippen MR) is 65.0 cm³/mol. The molecule has 1 aromatic rings. The van der Waals surface area contributed by atoms with Crippen molar-refractivity contribution in [3.05, 3.63) is 27.3 Å². The summed E-state index contributed by atoms with van der Waals surface area (Å²) in [5, 5.41) is 31.8. The molecular weight excluding hydrogens is 271 g/mol. The Labute approximate surface area is 107 Å². The number of halogens is 2. The van der Waals surface area contributed by atoms with Gasteiger partial charge < -0.3 is 15.5 Å². The van der Waals surface area contributed by atoms with Crippen molar-refractivity contribution in [1.29, 1.82) is 0 Å². The number of benzene rings is 1.